The van der Waals surface area contributed by atoms with E-state index in [1.807, 2.05) is 35.9 Å². The van der Waals surface area contributed by atoms with Gasteiger partial charge in [-0.2, -0.15) is 0 Å². The van der Waals surface area contributed by atoms with Crippen molar-refractivity contribution in [3.63, 3.8) is 0 Å². The summed E-state index contributed by atoms with van der Waals surface area (Å²) in [6.45, 7) is 0.492. The maximum Gasteiger partial charge on any atom is 0.140 e. The molecule has 0 amide bonds. The Morgan fingerprint density at radius 2 is 2.05 bits per heavy atom. The second-order valence-corrected chi connectivity index (χ2v) is 4.53. The first-order chi connectivity index (χ1) is 9.19. The summed E-state index contributed by atoms with van der Waals surface area (Å²) in [4.78, 5) is 4.50. The van der Waals surface area contributed by atoms with Gasteiger partial charge in [0.05, 0.1) is 11.0 Å². The largest absolute Gasteiger partial charge is 0.327 e. The van der Waals surface area contributed by atoms with Gasteiger partial charge in [-0.05, 0) is 23.8 Å². The van der Waals surface area contributed by atoms with Crippen molar-refractivity contribution >= 4 is 11.0 Å². The number of fused-ring (bicyclic) bond motifs is 1. The quantitative estimate of drug-likeness (QED) is 0.765. The molecule has 0 fully saturated rings. The first-order valence-corrected chi connectivity index (χ1v) is 6.10. The molecule has 2 aromatic carbocycles. The van der Waals surface area contributed by atoms with Crippen molar-refractivity contribution in [2.24, 2.45) is 12.8 Å². The summed E-state index contributed by atoms with van der Waals surface area (Å²) in [7, 11) is 1.93. The van der Waals surface area contributed by atoms with E-state index in [9.17, 15) is 4.39 Å². The maximum absolute atomic E-state index is 13.2. The van der Waals surface area contributed by atoms with Crippen molar-refractivity contribution in [2.45, 2.75) is 6.54 Å². The molecule has 0 saturated carbocycles. The molecule has 0 atom stereocenters. The average Bonchev–Trinajstić information content (AvgIpc) is 2.75. The Bertz CT molecular complexity index is 746. The van der Waals surface area contributed by atoms with Crippen LogP contribution >= 0.6 is 0 Å². The molecule has 96 valence electrons. The molecule has 0 spiro atoms. The fourth-order valence-electron chi connectivity index (χ4n) is 2.27. The average molecular weight is 255 g/mol. The molecule has 2 N–H and O–H groups in total. The van der Waals surface area contributed by atoms with Crippen LogP contribution in [-0.2, 0) is 13.6 Å². The SMILES string of the molecule is Cn1c(-c2cccc(CN)c2)nc2cc(F)ccc21. The number of nitrogens with two attached hydrogens (primary N) is 1. The van der Waals surface area contributed by atoms with E-state index in [4.69, 9.17) is 5.73 Å². The van der Waals surface area contributed by atoms with E-state index in [2.05, 4.69) is 4.98 Å². The molecule has 0 radical (unpaired) electrons. The number of hydrogen-bond acceptors (Lipinski definition) is 2. The number of benzene rings is 2. The molecule has 19 heavy (non-hydrogen) atoms. The summed E-state index contributed by atoms with van der Waals surface area (Å²) in [6.07, 6.45) is 0. The normalized spacial score (nSPS) is 11.1. The van der Waals surface area contributed by atoms with Crippen LogP contribution in [0.1, 0.15) is 5.56 Å². The van der Waals surface area contributed by atoms with Gasteiger partial charge in [-0.25, -0.2) is 9.37 Å². The molecular formula is C15H14FN3. The van der Waals surface area contributed by atoms with Crippen LogP contribution in [0.5, 0.6) is 0 Å². The Kier molecular flexibility index (Phi) is 2.80. The Hall–Kier alpha value is -2.20. The highest BCUT2D eigenvalue weighted by molar-refractivity contribution is 5.80. The van der Waals surface area contributed by atoms with E-state index in [1.165, 1.54) is 12.1 Å². The minimum absolute atomic E-state index is 0.271. The molecular weight excluding hydrogens is 241 g/mol. The molecule has 0 bridgehead atoms. The van der Waals surface area contributed by atoms with Crippen molar-refractivity contribution in [1.82, 2.24) is 9.55 Å². The lowest BCUT2D eigenvalue weighted by molar-refractivity contribution is 0.629. The number of rotatable bonds is 2. The highest BCUT2D eigenvalue weighted by Gasteiger charge is 2.10. The Morgan fingerprint density at radius 3 is 2.84 bits per heavy atom. The van der Waals surface area contributed by atoms with Crippen LogP contribution in [0.2, 0.25) is 0 Å². The number of imidazole rings is 1. The summed E-state index contributed by atoms with van der Waals surface area (Å²) in [5, 5.41) is 0. The molecule has 0 aliphatic carbocycles. The predicted octanol–water partition coefficient (Wildman–Crippen LogP) is 2.84. The van der Waals surface area contributed by atoms with Crippen LogP contribution in [0.25, 0.3) is 22.4 Å². The lowest BCUT2D eigenvalue weighted by Crippen LogP contribution is -1.97. The molecule has 0 saturated heterocycles. The van der Waals surface area contributed by atoms with E-state index in [-0.39, 0.29) is 5.82 Å². The minimum Gasteiger partial charge on any atom is -0.327 e. The van der Waals surface area contributed by atoms with Crippen LogP contribution in [0.4, 0.5) is 4.39 Å². The minimum atomic E-state index is -0.271. The number of aryl methyl sites for hydroxylation is 1. The highest BCUT2D eigenvalue weighted by Crippen LogP contribution is 2.24. The summed E-state index contributed by atoms with van der Waals surface area (Å²) >= 11 is 0. The topological polar surface area (TPSA) is 43.8 Å². The molecule has 1 aromatic heterocycles. The summed E-state index contributed by atoms with van der Waals surface area (Å²) < 4.78 is 15.2. The second-order valence-electron chi connectivity index (χ2n) is 4.53. The molecule has 1 heterocycles. The lowest BCUT2D eigenvalue weighted by Gasteiger charge is -2.04. The van der Waals surface area contributed by atoms with Gasteiger partial charge < -0.3 is 10.3 Å². The number of aromatic nitrogens is 2. The van der Waals surface area contributed by atoms with E-state index >= 15 is 0 Å². The highest BCUT2D eigenvalue weighted by atomic mass is 19.1. The third kappa shape index (κ3) is 2.00. The summed E-state index contributed by atoms with van der Waals surface area (Å²) in [6, 6.07) is 12.6. The summed E-state index contributed by atoms with van der Waals surface area (Å²) in [5.41, 5.74) is 9.27. The number of hydrogen-bond donors (Lipinski definition) is 1. The van der Waals surface area contributed by atoms with Crippen molar-refractivity contribution in [3.05, 3.63) is 53.8 Å². The maximum atomic E-state index is 13.2. The van der Waals surface area contributed by atoms with Crippen LogP contribution in [0.3, 0.4) is 0 Å². The molecule has 0 aliphatic heterocycles. The molecule has 3 aromatic rings. The molecule has 4 heteroatoms. The number of nitrogens with zero attached hydrogens (tertiary/aromatic N) is 2. The zero-order valence-corrected chi connectivity index (χ0v) is 10.6. The first kappa shape index (κ1) is 11.9. The van der Waals surface area contributed by atoms with E-state index in [0.717, 1.165) is 22.5 Å². The van der Waals surface area contributed by atoms with Gasteiger partial charge in [-0.3, -0.25) is 0 Å². The van der Waals surface area contributed by atoms with Gasteiger partial charge in [0.25, 0.3) is 0 Å². The fourth-order valence-corrected chi connectivity index (χ4v) is 2.27. The van der Waals surface area contributed by atoms with Crippen LogP contribution in [-0.4, -0.2) is 9.55 Å². The Morgan fingerprint density at radius 1 is 1.21 bits per heavy atom. The molecule has 3 rings (SSSR count). The van der Waals surface area contributed by atoms with Gasteiger partial charge in [0.15, 0.2) is 0 Å². The van der Waals surface area contributed by atoms with E-state index < -0.39 is 0 Å². The van der Waals surface area contributed by atoms with Gasteiger partial charge in [0, 0.05) is 25.2 Å². The lowest BCUT2D eigenvalue weighted by atomic mass is 10.1. The van der Waals surface area contributed by atoms with Crippen molar-refractivity contribution < 1.29 is 4.39 Å². The van der Waals surface area contributed by atoms with Gasteiger partial charge in [-0.15, -0.1) is 0 Å². The third-order valence-electron chi connectivity index (χ3n) is 3.26. The zero-order valence-electron chi connectivity index (χ0n) is 10.6. The zero-order chi connectivity index (χ0) is 13.4. The van der Waals surface area contributed by atoms with Gasteiger partial charge in [-0.1, -0.05) is 18.2 Å². The van der Waals surface area contributed by atoms with Crippen LogP contribution in [0, 0.1) is 5.82 Å². The first-order valence-electron chi connectivity index (χ1n) is 6.10. The molecule has 3 nitrogen and oxygen atoms in total. The van der Waals surface area contributed by atoms with Gasteiger partial charge in [0.1, 0.15) is 11.6 Å². The van der Waals surface area contributed by atoms with Crippen molar-refractivity contribution in [3.8, 4) is 11.4 Å². The monoisotopic (exact) mass is 255 g/mol. The van der Waals surface area contributed by atoms with E-state index in [0.29, 0.717) is 12.1 Å². The van der Waals surface area contributed by atoms with Crippen LogP contribution < -0.4 is 5.73 Å². The smallest absolute Gasteiger partial charge is 0.140 e. The Labute approximate surface area is 110 Å². The fraction of sp³-hybridized carbons (Fsp3) is 0.133. The Balaban J connectivity index is 2.21. The standard InChI is InChI=1S/C15H14FN3/c1-19-14-6-5-12(16)8-13(14)18-15(19)11-4-2-3-10(7-11)9-17/h2-8H,9,17H2,1H3. The van der Waals surface area contributed by atoms with Crippen LogP contribution in [0.15, 0.2) is 42.5 Å². The van der Waals surface area contributed by atoms with Gasteiger partial charge in [0.2, 0.25) is 0 Å². The van der Waals surface area contributed by atoms with Crippen molar-refractivity contribution in [2.75, 3.05) is 0 Å². The molecule has 0 unspecified atom stereocenters. The summed E-state index contributed by atoms with van der Waals surface area (Å²) in [5.74, 6) is 0.545. The third-order valence-corrected chi connectivity index (χ3v) is 3.26. The predicted molar refractivity (Wildman–Crippen MR) is 74.0 cm³/mol. The van der Waals surface area contributed by atoms with Gasteiger partial charge >= 0.3 is 0 Å². The molecule has 0 aliphatic rings. The van der Waals surface area contributed by atoms with E-state index in [1.54, 1.807) is 6.07 Å². The van der Waals surface area contributed by atoms with Crippen molar-refractivity contribution in [1.29, 1.82) is 0 Å². The number of halogens is 1. The second kappa shape index (κ2) is 4.48.